The molecular formula is C6H13Cl2NO2Pt. The summed E-state index contributed by atoms with van der Waals surface area (Å²) in [6.07, 6.45) is 3.79. The molecule has 6 heteroatoms. The molecular weight excluding hydrogens is 384 g/mol. The van der Waals surface area contributed by atoms with Crippen molar-refractivity contribution >= 4 is 24.6 Å². The second-order valence-corrected chi connectivity index (χ2v) is 5.65. The third-order valence-electron chi connectivity index (χ3n) is 1.60. The summed E-state index contributed by atoms with van der Waals surface area (Å²) < 4.78 is 0. The molecule has 1 rings (SSSR count). The second-order valence-electron chi connectivity index (χ2n) is 2.36. The molecule has 0 aromatic rings. The molecule has 0 aliphatic heterocycles. The number of nitrogens with two attached hydrogens (primary N) is 1. The third kappa shape index (κ3) is 7.50. The number of halogens is 2. The van der Waals surface area contributed by atoms with Crippen LogP contribution in [0.5, 0.6) is 0 Å². The van der Waals surface area contributed by atoms with Gasteiger partial charge in [0.15, 0.2) is 0 Å². The van der Waals surface area contributed by atoms with E-state index in [0.717, 1.165) is 19.3 Å². The molecule has 1 aliphatic rings. The monoisotopic (exact) mass is 396 g/mol. The van der Waals surface area contributed by atoms with E-state index in [4.69, 9.17) is 24.6 Å². The van der Waals surface area contributed by atoms with Crippen LogP contribution in [0.1, 0.15) is 25.7 Å². The molecule has 0 spiro atoms. The molecule has 0 bridgehead atoms. The Morgan fingerprint density at radius 2 is 1.92 bits per heavy atom. The number of carbonyl (C=O) groups excluding carboxylic acids is 1. The van der Waals surface area contributed by atoms with Gasteiger partial charge in [0, 0.05) is 6.42 Å². The van der Waals surface area contributed by atoms with Crippen LogP contribution in [-0.2, 0) is 21.3 Å². The summed E-state index contributed by atoms with van der Waals surface area (Å²) in [5.41, 5.74) is 5.43. The first-order valence-electron chi connectivity index (χ1n) is 3.33. The van der Waals surface area contributed by atoms with Gasteiger partial charge in [0.2, 0.25) is 0 Å². The van der Waals surface area contributed by atoms with Crippen LogP contribution in [0.2, 0.25) is 0 Å². The van der Waals surface area contributed by atoms with Crippen LogP contribution in [0.4, 0.5) is 0 Å². The van der Waals surface area contributed by atoms with Gasteiger partial charge in [-0.2, -0.15) is 0 Å². The fourth-order valence-electron chi connectivity index (χ4n) is 1.01. The van der Waals surface area contributed by atoms with Crippen molar-refractivity contribution in [2.75, 3.05) is 0 Å². The van der Waals surface area contributed by atoms with Crippen LogP contribution < -0.4 is 5.73 Å². The van der Waals surface area contributed by atoms with Gasteiger partial charge in [0.1, 0.15) is 5.78 Å². The van der Waals surface area contributed by atoms with E-state index in [-0.39, 0.29) is 17.3 Å². The Morgan fingerprint density at radius 1 is 1.42 bits per heavy atom. The number of hydrogen-bond acceptors (Lipinski definition) is 2. The summed E-state index contributed by atoms with van der Waals surface area (Å²) in [6.45, 7) is 0. The Balaban J connectivity index is 0. The van der Waals surface area contributed by atoms with Crippen molar-refractivity contribution in [3.63, 3.8) is 0 Å². The number of ketones is 1. The fraction of sp³-hybridized carbons (Fsp3) is 0.833. The van der Waals surface area contributed by atoms with Gasteiger partial charge >= 0.3 is 35.3 Å². The SMILES string of the molecule is NC1CCCCC1=O.O.[Cl][Pt][Cl]. The van der Waals surface area contributed by atoms with Crippen LogP contribution in [0.3, 0.4) is 0 Å². The van der Waals surface area contributed by atoms with E-state index in [0.29, 0.717) is 6.42 Å². The van der Waals surface area contributed by atoms with Crippen LogP contribution in [0, 0.1) is 0 Å². The Morgan fingerprint density at radius 3 is 2.17 bits per heavy atom. The molecule has 0 radical (unpaired) electrons. The van der Waals surface area contributed by atoms with Crippen LogP contribution in [0.25, 0.3) is 0 Å². The maximum absolute atomic E-state index is 10.7. The molecule has 1 unspecified atom stereocenters. The van der Waals surface area contributed by atoms with E-state index in [1.165, 1.54) is 0 Å². The van der Waals surface area contributed by atoms with Crippen LogP contribution in [-0.4, -0.2) is 17.3 Å². The first-order chi connectivity index (χ1) is 5.22. The standard InChI is InChI=1S/C6H11NO.2ClH.H2O.Pt/c7-5-3-1-2-4-6(5)8;;;;/h5H,1-4,7H2;2*1H;1H2;/q;;;;+2/p-2. The van der Waals surface area contributed by atoms with Crippen molar-refractivity contribution in [3.8, 4) is 0 Å². The van der Waals surface area contributed by atoms with E-state index in [9.17, 15) is 4.79 Å². The fourth-order valence-corrected chi connectivity index (χ4v) is 1.01. The molecule has 0 saturated heterocycles. The number of carbonyl (C=O) groups is 1. The van der Waals surface area contributed by atoms with Gasteiger partial charge in [0.05, 0.1) is 6.04 Å². The minimum atomic E-state index is -0.472. The van der Waals surface area contributed by atoms with Crippen molar-refractivity contribution in [2.24, 2.45) is 5.73 Å². The third-order valence-corrected chi connectivity index (χ3v) is 1.60. The van der Waals surface area contributed by atoms with Crippen molar-refractivity contribution in [2.45, 2.75) is 31.7 Å². The van der Waals surface area contributed by atoms with E-state index in [1.54, 1.807) is 0 Å². The number of hydrogen-bond donors (Lipinski definition) is 1. The predicted octanol–water partition coefficient (Wildman–Crippen LogP) is 1.01. The quantitative estimate of drug-likeness (QED) is 0.663. The van der Waals surface area contributed by atoms with Gasteiger partial charge in [-0.25, -0.2) is 0 Å². The summed E-state index contributed by atoms with van der Waals surface area (Å²) >= 11 is -0.472. The zero-order chi connectivity index (χ0) is 8.69. The van der Waals surface area contributed by atoms with E-state index >= 15 is 0 Å². The summed E-state index contributed by atoms with van der Waals surface area (Å²) in [5.74, 6) is 0.247. The van der Waals surface area contributed by atoms with Gasteiger partial charge in [-0.05, 0) is 12.8 Å². The summed E-state index contributed by atoms with van der Waals surface area (Å²) in [4.78, 5) is 10.7. The van der Waals surface area contributed by atoms with Crippen LogP contribution >= 0.6 is 18.8 Å². The summed E-state index contributed by atoms with van der Waals surface area (Å²) in [6, 6.07) is -0.135. The molecule has 3 nitrogen and oxygen atoms in total. The topological polar surface area (TPSA) is 74.6 Å². The Hall–Kier alpha value is 0.858. The van der Waals surface area contributed by atoms with Gasteiger partial charge in [0.25, 0.3) is 0 Å². The molecule has 0 amide bonds. The summed E-state index contributed by atoms with van der Waals surface area (Å²) in [5, 5.41) is 0. The molecule has 1 saturated carbocycles. The minimum absolute atomic E-state index is 0. The molecule has 1 fully saturated rings. The van der Waals surface area contributed by atoms with Crippen molar-refractivity contribution in [3.05, 3.63) is 0 Å². The van der Waals surface area contributed by atoms with E-state index in [2.05, 4.69) is 0 Å². The van der Waals surface area contributed by atoms with Gasteiger partial charge < -0.3 is 11.2 Å². The second kappa shape index (κ2) is 9.94. The zero-order valence-electron chi connectivity index (χ0n) is 6.46. The Kier molecular flexibility index (Phi) is 12.7. The van der Waals surface area contributed by atoms with Gasteiger partial charge in [-0.15, -0.1) is 0 Å². The molecule has 1 atom stereocenters. The molecule has 0 aromatic heterocycles. The number of rotatable bonds is 0. The molecule has 0 heterocycles. The molecule has 78 valence electrons. The van der Waals surface area contributed by atoms with Crippen molar-refractivity contribution < 1.29 is 26.8 Å². The van der Waals surface area contributed by atoms with Gasteiger partial charge in [-0.1, -0.05) is 6.42 Å². The Bertz CT molecular complexity index is 126. The first-order valence-corrected chi connectivity index (χ1v) is 8.96. The first kappa shape index (κ1) is 15.3. The van der Waals surface area contributed by atoms with Crippen LogP contribution in [0.15, 0.2) is 0 Å². The molecule has 0 aromatic carbocycles. The predicted molar refractivity (Wildman–Crippen MR) is 46.8 cm³/mol. The zero-order valence-corrected chi connectivity index (χ0v) is 10.2. The normalized spacial score (nSPS) is 22.2. The average Bonchev–Trinajstić information content (AvgIpc) is 1.97. The van der Waals surface area contributed by atoms with Crippen molar-refractivity contribution in [1.82, 2.24) is 0 Å². The van der Waals surface area contributed by atoms with E-state index in [1.807, 2.05) is 0 Å². The van der Waals surface area contributed by atoms with E-state index < -0.39 is 16.5 Å². The molecule has 1 aliphatic carbocycles. The maximum atomic E-state index is 10.7. The van der Waals surface area contributed by atoms with Crippen molar-refractivity contribution in [1.29, 1.82) is 0 Å². The Labute approximate surface area is 88.7 Å². The van der Waals surface area contributed by atoms with Gasteiger partial charge in [-0.3, -0.25) is 4.79 Å². The number of Topliss-reactive ketones (excluding diaryl/α,β-unsaturated/α-hetero) is 1. The molecule has 4 N–H and O–H groups in total. The average molecular weight is 397 g/mol. The summed E-state index contributed by atoms with van der Waals surface area (Å²) in [7, 11) is 9.75. The molecule has 12 heavy (non-hydrogen) atoms.